The highest BCUT2D eigenvalue weighted by Gasteiger charge is 2.42. The number of carbonyl (C=O) groups is 1. The van der Waals surface area contributed by atoms with Crippen molar-refractivity contribution in [3.05, 3.63) is 41.7 Å². The van der Waals surface area contributed by atoms with Crippen LogP contribution in [0, 0.1) is 30.6 Å². The Morgan fingerprint density at radius 1 is 1.09 bits per heavy atom. The predicted molar refractivity (Wildman–Crippen MR) is 161 cm³/mol. The van der Waals surface area contributed by atoms with Crippen molar-refractivity contribution in [2.45, 2.75) is 89.2 Å². The molecule has 3 fully saturated rings. The van der Waals surface area contributed by atoms with Gasteiger partial charge in [-0.05, 0) is 108 Å². The van der Waals surface area contributed by atoms with Gasteiger partial charge in [-0.1, -0.05) is 0 Å². The number of aryl methyl sites for hydroxylation is 2. The van der Waals surface area contributed by atoms with Gasteiger partial charge in [0.25, 0.3) is 15.9 Å². The summed E-state index contributed by atoms with van der Waals surface area (Å²) in [6, 6.07) is 5.18. The van der Waals surface area contributed by atoms with Gasteiger partial charge in [0.15, 0.2) is 10.8 Å². The van der Waals surface area contributed by atoms with Crippen LogP contribution in [0.1, 0.15) is 81.1 Å². The molecule has 12 heteroatoms. The van der Waals surface area contributed by atoms with Crippen LogP contribution in [-0.2, 0) is 16.6 Å². The van der Waals surface area contributed by atoms with E-state index in [0.717, 1.165) is 50.0 Å². The molecule has 0 spiro atoms. The van der Waals surface area contributed by atoms with Gasteiger partial charge in [0, 0.05) is 42.7 Å². The first-order chi connectivity index (χ1) is 20.6. The third kappa shape index (κ3) is 5.77. The summed E-state index contributed by atoms with van der Waals surface area (Å²) in [5.74, 6) is 3.77. The van der Waals surface area contributed by atoms with Crippen molar-refractivity contribution in [1.82, 2.24) is 29.3 Å². The van der Waals surface area contributed by atoms with E-state index in [-0.39, 0.29) is 16.1 Å². The van der Waals surface area contributed by atoms with Gasteiger partial charge in [-0.3, -0.25) is 9.48 Å². The summed E-state index contributed by atoms with van der Waals surface area (Å²) in [5, 5.41) is 8.81. The summed E-state index contributed by atoms with van der Waals surface area (Å²) in [6.07, 6.45) is 12.8. The first-order valence-electron chi connectivity index (χ1n) is 15.7. The monoisotopic (exact) mass is 607 g/mol. The third-order valence-corrected chi connectivity index (χ3v) is 11.0. The smallest absolute Gasteiger partial charge is 0.283 e. The number of hydrogen-bond acceptors (Lipinski definition) is 8. The van der Waals surface area contributed by atoms with E-state index in [1.54, 1.807) is 34.6 Å². The summed E-state index contributed by atoms with van der Waals surface area (Å²) < 4.78 is 38.1. The Labute approximate surface area is 253 Å². The molecule has 2 aliphatic heterocycles. The fourth-order valence-corrected chi connectivity index (χ4v) is 8.41. The van der Waals surface area contributed by atoms with Crippen LogP contribution in [0.5, 0.6) is 5.88 Å². The molecule has 4 aliphatic rings. The summed E-state index contributed by atoms with van der Waals surface area (Å²) in [7, 11) is -4.18. The number of nitrogens with zero attached hydrogens (tertiary/aromatic N) is 6. The average Bonchev–Trinajstić information content (AvgIpc) is 3.86. The molecule has 3 aromatic heterocycles. The van der Waals surface area contributed by atoms with Gasteiger partial charge < -0.3 is 9.64 Å². The van der Waals surface area contributed by atoms with Gasteiger partial charge in [0.1, 0.15) is 5.82 Å². The molecule has 43 heavy (non-hydrogen) atoms. The molecule has 11 nitrogen and oxygen atoms in total. The maximum absolute atomic E-state index is 13.6. The highest BCUT2D eigenvalue weighted by Crippen LogP contribution is 2.50. The minimum Gasteiger partial charge on any atom is -0.477 e. The molecule has 1 saturated heterocycles. The Morgan fingerprint density at radius 2 is 1.86 bits per heavy atom. The number of carbonyl (C=O) groups excluding carboxylic acids is 1. The summed E-state index contributed by atoms with van der Waals surface area (Å²) in [5.41, 5.74) is 0.421. The number of amides is 1. The number of fused-ring (bicyclic) bond motifs is 6. The molecule has 1 atom stereocenters. The average molecular weight is 608 g/mol. The second-order valence-corrected chi connectivity index (χ2v) is 15.2. The van der Waals surface area contributed by atoms with E-state index in [1.165, 1.54) is 25.7 Å². The van der Waals surface area contributed by atoms with Crippen LogP contribution in [0.4, 0.5) is 5.82 Å². The highest BCUT2D eigenvalue weighted by molar-refractivity contribution is 7.90. The normalized spacial score (nSPS) is 23.1. The largest absolute Gasteiger partial charge is 0.477 e. The Balaban J connectivity index is 1.17. The second-order valence-electron chi connectivity index (χ2n) is 13.6. The first-order valence-corrected chi connectivity index (χ1v) is 17.1. The molecule has 2 aliphatic carbocycles. The maximum atomic E-state index is 13.6. The minimum atomic E-state index is -4.18. The molecule has 0 aromatic carbocycles. The van der Waals surface area contributed by atoms with Gasteiger partial charge in [-0.25, -0.2) is 14.4 Å². The number of hydrogen-bond donors (Lipinski definition) is 1. The van der Waals surface area contributed by atoms with Gasteiger partial charge in [0.05, 0.1) is 12.2 Å². The van der Waals surface area contributed by atoms with Crippen molar-refractivity contribution >= 4 is 21.7 Å². The van der Waals surface area contributed by atoms with E-state index in [0.29, 0.717) is 42.1 Å². The van der Waals surface area contributed by atoms with Crippen molar-refractivity contribution < 1.29 is 17.9 Å². The Kier molecular flexibility index (Phi) is 7.02. The zero-order chi connectivity index (χ0) is 29.9. The third-order valence-electron chi connectivity index (χ3n) is 9.66. The van der Waals surface area contributed by atoms with Crippen molar-refractivity contribution in [1.29, 1.82) is 0 Å². The van der Waals surface area contributed by atoms with Crippen molar-refractivity contribution in [3.8, 4) is 11.7 Å². The molecule has 3 aromatic rings. The fraction of sp³-hybridized carbons (Fsp3) is 0.613. The molecule has 7 rings (SSSR count). The second kappa shape index (κ2) is 10.6. The van der Waals surface area contributed by atoms with E-state index in [9.17, 15) is 13.2 Å². The fourth-order valence-electron chi connectivity index (χ4n) is 7.27. The van der Waals surface area contributed by atoms with Crippen LogP contribution in [0.2, 0.25) is 0 Å². The number of aromatic nitrogens is 5. The molecule has 0 radical (unpaired) electrons. The first kappa shape index (κ1) is 28.4. The van der Waals surface area contributed by atoms with Crippen LogP contribution in [0.25, 0.3) is 5.82 Å². The van der Waals surface area contributed by atoms with Gasteiger partial charge in [-0.15, -0.1) is 5.10 Å². The minimum absolute atomic E-state index is 0.127. The van der Waals surface area contributed by atoms with Crippen LogP contribution in [-0.4, -0.2) is 57.6 Å². The SMILES string of the molecule is Cc1cn2nc1S(=O)(=O)NC(=O)c1ccc(-n3ccc(OCCC(C4CC4)C4CC4)n3)nc1N1C[C@H](CCC2)CC1(C)C. The van der Waals surface area contributed by atoms with E-state index >= 15 is 0 Å². The van der Waals surface area contributed by atoms with Gasteiger partial charge in [0.2, 0.25) is 5.88 Å². The van der Waals surface area contributed by atoms with E-state index in [1.807, 2.05) is 12.3 Å². The molecule has 4 bridgehead atoms. The van der Waals surface area contributed by atoms with Crippen LogP contribution >= 0.6 is 0 Å². The number of rotatable bonds is 7. The van der Waals surface area contributed by atoms with Gasteiger partial charge in [-0.2, -0.15) is 13.5 Å². The molecular weight excluding hydrogens is 566 g/mol. The number of anilines is 1. The zero-order valence-corrected chi connectivity index (χ0v) is 26.0. The van der Waals surface area contributed by atoms with Crippen LogP contribution < -0.4 is 14.4 Å². The standard InChI is InChI=1S/C31H41N7O4S/c1-20-18-36-14-4-5-21-17-31(2,3)37(19-21)28-25(29(39)35-43(40,41)30(20)34-36)10-11-26(32-28)38-15-12-27(33-38)42-16-13-24(22-6-7-22)23-8-9-23/h10-12,15,18,21-24H,4-9,13-14,16-17,19H2,1-3H3,(H,35,39)/t21-/m1/s1. The summed E-state index contributed by atoms with van der Waals surface area (Å²) >= 11 is 0. The van der Waals surface area contributed by atoms with Crippen molar-refractivity contribution in [3.63, 3.8) is 0 Å². The number of nitrogens with one attached hydrogen (secondary N) is 1. The van der Waals surface area contributed by atoms with E-state index in [2.05, 4.69) is 33.7 Å². The topological polar surface area (TPSA) is 124 Å². The lowest BCUT2D eigenvalue weighted by Crippen LogP contribution is -2.41. The van der Waals surface area contributed by atoms with Crippen LogP contribution in [0.3, 0.4) is 0 Å². The maximum Gasteiger partial charge on any atom is 0.283 e. The highest BCUT2D eigenvalue weighted by atomic mass is 32.2. The Bertz CT molecular complexity index is 1620. The quantitative estimate of drug-likeness (QED) is 0.417. The van der Waals surface area contributed by atoms with Gasteiger partial charge >= 0.3 is 0 Å². The van der Waals surface area contributed by atoms with Crippen molar-refractivity contribution in [2.75, 3.05) is 18.1 Å². The summed E-state index contributed by atoms with van der Waals surface area (Å²) in [6.45, 7) is 7.98. The molecule has 1 N–H and O–H groups in total. The Morgan fingerprint density at radius 3 is 2.60 bits per heavy atom. The van der Waals surface area contributed by atoms with Crippen molar-refractivity contribution in [2.24, 2.45) is 23.7 Å². The zero-order valence-electron chi connectivity index (χ0n) is 25.2. The Hall–Kier alpha value is -3.41. The lowest BCUT2D eigenvalue weighted by Gasteiger charge is -2.34. The molecule has 5 heterocycles. The summed E-state index contributed by atoms with van der Waals surface area (Å²) in [4.78, 5) is 20.7. The lowest BCUT2D eigenvalue weighted by molar-refractivity contribution is 0.0981. The molecule has 0 unspecified atom stereocenters. The molecule has 2 saturated carbocycles. The lowest BCUT2D eigenvalue weighted by atomic mass is 9.93. The van der Waals surface area contributed by atoms with E-state index in [4.69, 9.17) is 9.72 Å². The number of sulfonamides is 1. The number of pyridine rings is 1. The van der Waals surface area contributed by atoms with E-state index < -0.39 is 15.9 Å². The van der Waals surface area contributed by atoms with Crippen LogP contribution in [0.15, 0.2) is 35.6 Å². The number of ether oxygens (including phenoxy) is 1. The molecule has 1 amide bonds. The molecular formula is C31H41N7O4S. The molecule has 230 valence electrons. The predicted octanol–water partition coefficient (Wildman–Crippen LogP) is 4.49.